The number of nitrogens with zero attached hydrogens (tertiary/aromatic N) is 1. The highest BCUT2D eigenvalue weighted by atomic mass is 16.2. The maximum absolute atomic E-state index is 12.1. The number of nitrogens with two attached hydrogens (primary N) is 1. The number of rotatable bonds is 3. The number of carbonyl (C=O) groups is 1. The summed E-state index contributed by atoms with van der Waals surface area (Å²) in [4.78, 5) is 13.9. The fourth-order valence-corrected chi connectivity index (χ4v) is 2.52. The molecule has 1 aliphatic rings. The van der Waals surface area contributed by atoms with E-state index in [-0.39, 0.29) is 17.5 Å². The largest absolute Gasteiger partial charge is 0.333 e. The molecule has 104 valence electrons. The van der Waals surface area contributed by atoms with E-state index < -0.39 is 0 Å². The van der Waals surface area contributed by atoms with Crippen molar-refractivity contribution in [3.05, 3.63) is 29.8 Å². The van der Waals surface area contributed by atoms with Crippen molar-refractivity contribution in [3.8, 4) is 0 Å². The lowest BCUT2D eigenvalue weighted by Gasteiger charge is -2.26. The predicted molar refractivity (Wildman–Crippen MR) is 78.5 cm³/mol. The molecule has 1 aromatic rings. The second-order valence-corrected chi connectivity index (χ2v) is 6.10. The fourth-order valence-electron chi connectivity index (χ4n) is 2.52. The van der Waals surface area contributed by atoms with E-state index in [4.69, 9.17) is 5.73 Å². The molecule has 0 bridgehead atoms. The zero-order valence-corrected chi connectivity index (χ0v) is 11.9. The summed E-state index contributed by atoms with van der Waals surface area (Å²) in [5.41, 5.74) is 7.78. The number of urea groups is 1. The zero-order chi connectivity index (χ0) is 14.0. The summed E-state index contributed by atoms with van der Waals surface area (Å²) in [5.74, 6) is 0. The van der Waals surface area contributed by atoms with Crippen LogP contribution in [0.1, 0.15) is 32.8 Å². The van der Waals surface area contributed by atoms with Gasteiger partial charge in [0.1, 0.15) is 0 Å². The lowest BCUT2D eigenvalue weighted by atomic mass is 9.85. The molecule has 1 aromatic carbocycles. The van der Waals surface area contributed by atoms with Crippen molar-refractivity contribution in [1.29, 1.82) is 0 Å². The Morgan fingerprint density at radius 1 is 1.37 bits per heavy atom. The molecule has 0 radical (unpaired) electrons. The van der Waals surface area contributed by atoms with Crippen LogP contribution >= 0.6 is 0 Å². The summed E-state index contributed by atoms with van der Waals surface area (Å²) in [6, 6.07) is 8.26. The van der Waals surface area contributed by atoms with Crippen LogP contribution in [-0.2, 0) is 5.41 Å². The average molecular weight is 261 g/mol. The minimum absolute atomic E-state index is 0.0167. The molecule has 3 N–H and O–H groups in total. The monoisotopic (exact) mass is 261 g/mol. The number of anilines is 1. The van der Waals surface area contributed by atoms with Crippen molar-refractivity contribution in [1.82, 2.24) is 5.32 Å². The van der Waals surface area contributed by atoms with Crippen LogP contribution in [0.4, 0.5) is 10.5 Å². The van der Waals surface area contributed by atoms with Crippen LogP contribution in [0.5, 0.6) is 0 Å². The van der Waals surface area contributed by atoms with E-state index in [0.29, 0.717) is 13.1 Å². The molecule has 4 nitrogen and oxygen atoms in total. The summed E-state index contributed by atoms with van der Waals surface area (Å²) < 4.78 is 0. The molecule has 0 aromatic heterocycles. The van der Waals surface area contributed by atoms with Crippen LogP contribution in [0, 0.1) is 0 Å². The number of amides is 2. The molecule has 0 aliphatic carbocycles. The van der Waals surface area contributed by atoms with Crippen molar-refractivity contribution in [2.24, 2.45) is 5.73 Å². The highest BCUT2D eigenvalue weighted by molar-refractivity contribution is 5.95. The Bertz CT molecular complexity index is 465. The Labute approximate surface area is 115 Å². The van der Waals surface area contributed by atoms with Crippen LogP contribution < -0.4 is 16.0 Å². The van der Waals surface area contributed by atoms with Gasteiger partial charge < -0.3 is 11.1 Å². The van der Waals surface area contributed by atoms with E-state index in [0.717, 1.165) is 12.1 Å². The van der Waals surface area contributed by atoms with Crippen LogP contribution in [-0.4, -0.2) is 25.2 Å². The number of carbonyl (C=O) groups excluding carboxylic acids is 1. The Balaban J connectivity index is 2.30. The minimum atomic E-state index is -0.0184. The van der Waals surface area contributed by atoms with Crippen LogP contribution in [0.2, 0.25) is 0 Å². The van der Waals surface area contributed by atoms with Crippen molar-refractivity contribution in [3.63, 3.8) is 0 Å². The third kappa shape index (κ3) is 2.89. The third-order valence-corrected chi connectivity index (χ3v) is 3.49. The van der Waals surface area contributed by atoms with E-state index in [1.165, 1.54) is 5.56 Å². The van der Waals surface area contributed by atoms with Crippen LogP contribution in [0.15, 0.2) is 24.3 Å². The molecule has 2 rings (SSSR count). The smallest absolute Gasteiger partial charge is 0.322 e. The molecule has 1 aliphatic heterocycles. The van der Waals surface area contributed by atoms with Crippen molar-refractivity contribution >= 4 is 11.7 Å². The van der Waals surface area contributed by atoms with E-state index >= 15 is 0 Å². The Hall–Kier alpha value is -1.55. The minimum Gasteiger partial charge on any atom is -0.333 e. The van der Waals surface area contributed by atoms with Gasteiger partial charge in [0.2, 0.25) is 0 Å². The Morgan fingerprint density at radius 2 is 2.05 bits per heavy atom. The Morgan fingerprint density at radius 3 is 2.68 bits per heavy atom. The first kappa shape index (κ1) is 13.9. The first-order valence-corrected chi connectivity index (χ1v) is 6.81. The summed E-state index contributed by atoms with van der Waals surface area (Å²) in [6.45, 7) is 7.79. The third-order valence-electron chi connectivity index (χ3n) is 3.49. The molecule has 0 saturated carbocycles. The topological polar surface area (TPSA) is 58.4 Å². The summed E-state index contributed by atoms with van der Waals surface area (Å²) in [5, 5.41) is 2.99. The van der Waals surface area contributed by atoms with Crippen LogP contribution in [0.3, 0.4) is 0 Å². The molecule has 2 amide bonds. The molecular formula is C15H23N3O. The molecule has 1 fully saturated rings. The highest BCUT2D eigenvalue weighted by Crippen LogP contribution is 2.33. The van der Waals surface area contributed by atoms with Gasteiger partial charge in [0, 0.05) is 18.3 Å². The molecule has 0 spiro atoms. The number of nitrogens with one attached hydrogen (secondary N) is 1. The standard InChI is InChI=1S/C15H23N3O/c1-15(2,3)12-6-4-5-7-13(12)18-10-11(8-9-16)17-14(18)19/h4-7,11H,8-10,16H2,1-3H3,(H,17,19). The average Bonchev–Trinajstić information content (AvgIpc) is 2.70. The number of benzene rings is 1. The van der Waals surface area contributed by atoms with Gasteiger partial charge in [-0.1, -0.05) is 39.0 Å². The first-order chi connectivity index (χ1) is 8.93. The molecule has 1 saturated heterocycles. The van der Waals surface area contributed by atoms with E-state index in [1.54, 1.807) is 0 Å². The van der Waals surface area contributed by atoms with Gasteiger partial charge in [-0.15, -0.1) is 0 Å². The lowest BCUT2D eigenvalue weighted by molar-refractivity contribution is 0.250. The predicted octanol–water partition coefficient (Wildman–Crippen LogP) is 2.23. The van der Waals surface area contributed by atoms with Gasteiger partial charge in [0.25, 0.3) is 0 Å². The second kappa shape index (κ2) is 5.21. The number of hydrogen-bond acceptors (Lipinski definition) is 2. The zero-order valence-electron chi connectivity index (χ0n) is 11.9. The van der Waals surface area contributed by atoms with Crippen molar-refractivity contribution < 1.29 is 4.79 Å². The van der Waals surface area contributed by atoms with Gasteiger partial charge in [-0.05, 0) is 30.0 Å². The molecule has 1 unspecified atom stereocenters. The molecule has 1 atom stereocenters. The fraction of sp³-hybridized carbons (Fsp3) is 0.533. The number of hydrogen-bond donors (Lipinski definition) is 2. The second-order valence-electron chi connectivity index (χ2n) is 6.10. The molecule has 4 heteroatoms. The quantitative estimate of drug-likeness (QED) is 0.876. The molecule has 19 heavy (non-hydrogen) atoms. The maximum atomic E-state index is 12.1. The van der Waals surface area contributed by atoms with E-state index in [2.05, 4.69) is 32.2 Å². The van der Waals surface area contributed by atoms with Gasteiger partial charge in [-0.2, -0.15) is 0 Å². The summed E-state index contributed by atoms with van der Waals surface area (Å²) in [7, 11) is 0. The maximum Gasteiger partial charge on any atom is 0.322 e. The summed E-state index contributed by atoms with van der Waals surface area (Å²) >= 11 is 0. The van der Waals surface area contributed by atoms with Gasteiger partial charge in [0.15, 0.2) is 0 Å². The van der Waals surface area contributed by atoms with E-state index in [1.807, 2.05) is 23.1 Å². The lowest BCUT2D eigenvalue weighted by Crippen LogP contribution is -2.30. The first-order valence-electron chi connectivity index (χ1n) is 6.81. The van der Waals surface area contributed by atoms with Gasteiger partial charge in [0.05, 0.1) is 0 Å². The SMILES string of the molecule is CC(C)(C)c1ccccc1N1CC(CCN)NC1=O. The van der Waals surface area contributed by atoms with Gasteiger partial charge in [-0.3, -0.25) is 4.90 Å². The van der Waals surface area contributed by atoms with E-state index in [9.17, 15) is 4.79 Å². The Kier molecular flexibility index (Phi) is 3.80. The van der Waals surface area contributed by atoms with Crippen molar-refractivity contribution in [2.45, 2.75) is 38.6 Å². The van der Waals surface area contributed by atoms with Gasteiger partial charge >= 0.3 is 6.03 Å². The molecule has 1 heterocycles. The van der Waals surface area contributed by atoms with Crippen molar-refractivity contribution in [2.75, 3.05) is 18.0 Å². The normalized spacial score (nSPS) is 19.7. The molecular weight excluding hydrogens is 238 g/mol. The summed E-state index contributed by atoms with van der Waals surface area (Å²) in [6.07, 6.45) is 0.819. The highest BCUT2D eigenvalue weighted by Gasteiger charge is 2.32. The number of para-hydroxylation sites is 1. The van der Waals surface area contributed by atoms with Crippen LogP contribution in [0.25, 0.3) is 0 Å². The van der Waals surface area contributed by atoms with Gasteiger partial charge in [-0.25, -0.2) is 4.79 Å².